The Morgan fingerprint density at radius 3 is 1.67 bits per heavy atom. The van der Waals surface area contributed by atoms with Crippen LogP contribution in [0.4, 0.5) is 0 Å². The third-order valence-corrected chi connectivity index (χ3v) is 0.0913. The molecule has 0 fully saturated rings. The molecule has 3 nitrogen and oxygen atoms in total. The van der Waals surface area contributed by atoms with Gasteiger partial charge in [0.2, 0.25) is 0 Å². The van der Waals surface area contributed by atoms with Gasteiger partial charge >= 0.3 is 0 Å². The van der Waals surface area contributed by atoms with Crippen molar-refractivity contribution in [2.45, 2.75) is 0 Å². The topological polar surface area (TPSA) is 86.8 Å². The molecule has 0 aromatic carbocycles. The van der Waals surface area contributed by atoms with Crippen molar-refractivity contribution in [2.24, 2.45) is 0 Å². The van der Waals surface area contributed by atoms with Gasteiger partial charge in [-0.25, -0.2) is 0 Å². The summed E-state index contributed by atoms with van der Waals surface area (Å²) in [5, 5.41) is 7.51. The van der Waals surface area contributed by atoms with Crippen LogP contribution in [-0.2, 0) is 0 Å². The van der Waals surface area contributed by atoms with Gasteiger partial charge in [-0.15, -0.1) is 0 Å². The lowest BCUT2D eigenvalue weighted by molar-refractivity contribution is 0.823. The van der Waals surface area contributed by atoms with E-state index in [9.17, 15) is 0 Å². The van der Waals surface area contributed by atoms with E-state index in [1.165, 1.54) is 6.08 Å². The Bertz CT molecular complexity index is 54.3. The fraction of sp³-hybridized carbons (Fsp3) is 0. The minimum atomic E-state index is 0. The Morgan fingerprint density at radius 2 is 1.67 bits per heavy atom. The summed E-state index contributed by atoms with van der Waals surface area (Å²) in [7, 11) is 0. The fourth-order valence-corrected chi connectivity index (χ4v) is 0. The van der Waals surface area contributed by atoms with E-state index in [0.717, 1.165) is 0 Å². The number of hydrogen-bond acceptors (Lipinski definition) is 1. The summed E-state index contributed by atoms with van der Waals surface area (Å²) in [5.41, 5.74) is 0. The highest BCUT2D eigenvalue weighted by atomic mass is 16.0. The van der Waals surface area contributed by atoms with Gasteiger partial charge < -0.3 is 11.0 Å². The molecule has 0 atom stereocenters. The van der Waals surface area contributed by atoms with Crippen molar-refractivity contribution < 1.29 is 11.0 Å². The number of nitrogens with zero attached hydrogens (tertiary/aromatic N) is 1. The molecular weight excluding hydrogens is 82.0 g/mol. The molecule has 36 valence electrons. The van der Waals surface area contributed by atoms with Crippen LogP contribution in [0.15, 0.2) is 12.7 Å². The maximum absolute atomic E-state index is 7.51. The number of nitriles is 1. The van der Waals surface area contributed by atoms with Crippen LogP contribution < -0.4 is 0 Å². The van der Waals surface area contributed by atoms with Crippen LogP contribution >= 0.6 is 0 Å². The normalized spacial score (nSPS) is 2.50. The summed E-state index contributed by atoms with van der Waals surface area (Å²) in [4.78, 5) is 0. The van der Waals surface area contributed by atoms with E-state index >= 15 is 0 Å². The molecule has 0 unspecified atom stereocenters. The molecule has 0 heterocycles. The van der Waals surface area contributed by atoms with E-state index in [1.54, 1.807) is 6.07 Å². The van der Waals surface area contributed by atoms with Crippen LogP contribution in [0.3, 0.4) is 0 Å². The van der Waals surface area contributed by atoms with Crippen LogP contribution in [0, 0.1) is 11.3 Å². The van der Waals surface area contributed by atoms with E-state index < -0.39 is 0 Å². The summed E-state index contributed by atoms with van der Waals surface area (Å²) in [6, 6.07) is 1.69. The second-order valence-corrected chi connectivity index (χ2v) is 0.333. The van der Waals surface area contributed by atoms with E-state index in [-0.39, 0.29) is 11.0 Å². The van der Waals surface area contributed by atoms with E-state index in [0.29, 0.717) is 0 Å². The van der Waals surface area contributed by atoms with E-state index in [1.807, 2.05) is 0 Å². The van der Waals surface area contributed by atoms with Crippen LogP contribution in [0.1, 0.15) is 0 Å². The Hall–Kier alpha value is -0.850. The molecule has 0 spiro atoms. The molecule has 0 saturated carbocycles. The van der Waals surface area contributed by atoms with Crippen molar-refractivity contribution in [2.75, 3.05) is 0 Å². The summed E-state index contributed by atoms with van der Waals surface area (Å²) in [5.74, 6) is 0. The molecule has 0 amide bonds. The van der Waals surface area contributed by atoms with Gasteiger partial charge in [0.15, 0.2) is 0 Å². The van der Waals surface area contributed by atoms with Crippen LogP contribution in [0.2, 0.25) is 0 Å². The summed E-state index contributed by atoms with van der Waals surface area (Å²) in [6.07, 6.45) is 1.18. The van der Waals surface area contributed by atoms with Gasteiger partial charge in [-0.1, -0.05) is 6.58 Å². The third-order valence-electron chi connectivity index (χ3n) is 0.0913. The molecule has 3 heteroatoms. The molecule has 0 aliphatic heterocycles. The third kappa shape index (κ3) is 647. The molecule has 6 heavy (non-hydrogen) atoms. The van der Waals surface area contributed by atoms with Crippen molar-refractivity contribution in [3.63, 3.8) is 0 Å². The first-order chi connectivity index (χ1) is 1.91. The molecular formula is C3H7NO2. The van der Waals surface area contributed by atoms with E-state index in [4.69, 9.17) is 5.26 Å². The Labute approximate surface area is 36.1 Å². The van der Waals surface area contributed by atoms with Gasteiger partial charge in [-0.2, -0.15) is 5.26 Å². The van der Waals surface area contributed by atoms with Crippen molar-refractivity contribution in [1.82, 2.24) is 0 Å². The number of allylic oxidation sites excluding steroid dienone is 1. The largest absolute Gasteiger partial charge is 0.412 e. The lowest BCUT2D eigenvalue weighted by Gasteiger charge is -1.31. The minimum absolute atomic E-state index is 0. The van der Waals surface area contributed by atoms with Gasteiger partial charge in [0.25, 0.3) is 0 Å². The predicted molar refractivity (Wildman–Crippen MR) is 23.0 cm³/mol. The number of hydrogen-bond donors (Lipinski definition) is 0. The second kappa shape index (κ2) is 31.1. The Kier molecular flexibility index (Phi) is 99.6. The summed E-state index contributed by atoms with van der Waals surface area (Å²) in [6.45, 7) is 3.12. The van der Waals surface area contributed by atoms with Gasteiger partial charge in [0, 0.05) is 6.08 Å². The molecule has 0 bridgehead atoms. The van der Waals surface area contributed by atoms with Crippen LogP contribution in [0.25, 0.3) is 0 Å². The molecule has 0 aromatic heterocycles. The highest BCUT2D eigenvalue weighted by Crippen LogP contribution is 1.41. The molecule has 0 aromatic rings. The Balaban J connectivity index is -0.0000000450. The fourth-order valence-electron chi connectivity index (χ4n) is 0. The lowest BCUT2D eigenvalue weighted by atomic mass is 10.8. The van der Waals surface area contributed by atoms with Crippen molar-refractivity contribution in [3.05, 3.63) is 12.7 Å². The maximum atomic E-state index is 7.51. The average Bonchev–Trinajstić information content (AvgIpc) is 1.37. The van der Waals surface area contributed by atoms with Crippen LogP contribution in [-0.4, -0.2) is 11.0 Å². The first-order valence-corrected chi connectivity index (χ1v) is 0.921. The molecule has 0 rings (SSSR count). The minimum Gasteiger partial charge on any atom is -0.412 e. The molecule has 0 aliphatic carbocycles. The predicted octanol–water partition coefficient (Wildman–Crippen LogP) is -0.953. The van der Waals surface area contributed by atoms with Gasteiger partial charge in [-0.05, 0) is 0 Å². The standard InChI is InChI=1S/C3H3N.2H2O/c1-2-3-4;;/h2H,1H2;2*1H2. The zero-order valence-corrected chi connectivity index (χ0v) is 3.23. The smallest absolute Gasteiger partial charge is 0.0905 e. The lowest BCUT2D eigenvalue weighted by Crippen LogP contribution is -1.23. The highest BCUT2D eigenvalue weighted by Gasteiger charge is 1.34. The first-order valence-electron chi connectivity index (χ1n) is 0.921. The zero-order chi connectivity index (χ0) is 3.41. The SMILES string of the molecule is C=CC#N.O.O. The van der Waals surface area contributed by atoms with Crippen molar-refractivity contribution in [1.29, 1.82) is 5.26 Å². The van der Waals surface area contributed by atoms with Crippen molar-refractivity contribution >= 4 is 0 Å². The quantitative estimate of drug-likeness (QED) is 0.352. The highest BCUT2D eigenvalue weighted by molar-refractivity contribution is 4.93. The molecule has 4 N–H and O–H groups in total. The average molecular weight is 89.1 g/mol. The maximum Gasteiger partial charge on any atom is 0.0905 e. The van der Waals surface area contributed by atoms with E-state index in [2.05, 4.69) is 6.58 Å². The summed E-state index contributed by atoms with van der Waals surface area (Å²) >= 11 is 0. The first kappa shape index (κ1) is 19.2. The second-order valence-electron chi connectivity index (χ2n) is 0.333. The zero-order valence-electron chi connectivity index (χ0n) is 3.23. The monoisotopic (exact) mass is 89.0 g/mol. The van der Waals surface area contributed by atoms with Gasteiger partial charge in [0.1, 0.15) is 0 Å². The van der Waals surface area contributed by atoms with Gasteiger partial charge in [-0.3, -0.25) is 0 Å². The van der Waals surface area contributed by atoms with Crippen LogP contribution in [0.5, 0.6) is 0 Å². The van der Waals surface area contributed by atoms with Crippen molar-refractivity contribution in [3.8, 4) is 6.07 Å². The molecule has 0 saturated heterocycles. The Morgan fingerprint density at radius 1 is 1.50 bits per heavy atom. The number of rotatable bonds is 0. The molecule has 0 aliphatic rings. The molecule has 0 radical (unpaired) electrons. The summed E-state index contributed by atoms with van der Waals surface area (Å²) < 4.78 is 0. The van der Waals surface area contributed by atoms with Gasteiger partial charge in [0.05, 0.1) is 6.07 Å².